The largest absolute Gasteiger partial charge is 0.462 e. The SMILES string of the molecule is CCOC(=O)c1sc2c(ccc(=O)n2-c2cccc(C)c2)c1Nc1ccc(F)c(C)c1. The normalized spacial score (nSPS) is 11.0. The van der Waals surface area contributed by atoms with Gasteiger partial charge in [-0.15, -0.1) is 11.3 Å². The highest BCUT2D eigenvalue weighted by Crippen LogP contribution is 2.38. The summed E-state index contributed by atoms with van der Waals surface area (Å²) in [7, 11) is 0. The molecule has 0 amide bonds. The van der Waals surface area contributed by atoms with Gasteiger partial charge in [0.05, 0.1) is 18.0 Å². The molecule has 158 valence electrons. The number of carbonyl (C=O) groups is 1. The number of nitrogens with zero attached hydrogens (tertiary/aromatic N) is 1. The molecule has 0 aliphatic rings. The summed E-state index contributed by atoms with van der Waals surface area (Å²) in [5.74, 6) is -0.784. The molecule has 0 bridgehead atoms. The molecule has 1 N–H and O–H groups in total. The molecular formula is C24H21FN2O3S. The first-order valence-corrected chi connectivity index (χ1v) is 10.7. The fourth-order valence-electron chi connectivity index (χ4n) is 3.42. The number of fused-ring (bicyclic) bond motifs is 1. The number of rotatable bonds is 5. The molecule has 0 saturated carbocycles. The number of esters is 1. The second-order valence-electron chi connectivity index (χ2n) is 7.18. The minimum atomic E-state index is -0.478. The zero-order valence-electron chi connectivity index (χ0n) is 17.4. The van der Waals surface area contributed by atoms with E-state index in [-0.39, 0.29) is 18.0 Å². The number of benzene rings is 2. The maximum Gasteiger partial charge on any atom is 0.350 e. The zero-order valence-corrected chi connectivity index (χ0v) is 18.2. The van der Waals surface area contributed by atoms with Crippen molar-refractivity contribution >= 4 is 38.9 Å². The van der Waals surface area contributed by atoms with Gasteiger partial charge in [-0.3, -0.25) is 9.36 Å². The number of pyridine rings is 1. The third-order valence-electron chi connectivity index (χ3n) is 4.89. The van der Waals surface area contributed by atoms with E-state index in [0.29, 0.717) is 32.0 Å². The lowest BCUT2D eigenvalue weighted by Crippen LogP contribution is -2.16. The van der Waals surface area contributed by atoms with E-state index < -0.39 is 5.97 Å². The first kappa shape index (κ1) is 20.8. The smallest absolute Gasteiger partial charge is 0.350 e. The van der Waals surface area contributed by atoms with Crippen molar-refractivity contribution in [2.75, 3.05) is 11.9 Å². The van der Waals surface area contributed by atoms with Crippen LogP contribution < -0.4 is 10.9 Å². The average Bonchev–Trinajstić information content (AvgIpc) is 3.09. The van der Waals surface area contributed by atoms with Crippen molar-refractivity contribution in [2.45, 2.75) is 20.8 Å². The molecule has 2 aromatic carbocycles. The van der Waals surface area contributed by atoms with Crippen LogP contribution in [0.4, 0.5) is 15.8 Å². The fourth-order valence-corrected chi connectivity index (χ4v) is 4.59. The van der Waals surface area contributed by atoms with Crippen LogP contribution >= 0.6 is 11.3 Å². The lowest BCUT2D eigenvalue weighted by atomic mass is 10.2. The lowest BCUT2D eigenvalue weighted by molar-refractivity contribution is 0.0533. The molecule has 31 heavy (non-hydrogen) atoms. The van der Waals surface area contributed by atoms with Gasteiger partial charge >= 0.3 is 5.97 Å². The number of carbonyl (C=O) groups excluding carboxylic acids is 1. The van der Waals surface area contributed by atoms with Crippen LogP contribution in [0.1, 0.15) is 27.7 Å². The molecule has 4 rings (SSSR count). The maximum atomic E-state index is 13.7. The van der Waals surface area contributed by atoms with Crippen molar-refractivity contribution < 1.29 is 13.9 Å². The van der Waals surface area contributed by atoms with E-state index in [0.717, 1.165) is 11.3 Å². The van der Waals surface area contributed by atoms with Crippen molar-refractivity contribution in [1.82, 2.24) is 4.57 Å². The Morgan fingerprint density at radius 3 is 2.65 bits per heavy atom. The van der Waals surface area contributed by atoms with E-state index in [1.54, 1.807) is 36.6 Å². The molecule has 0 aliphatic heterocycles. The van der Waals surface area contributed by atoms with Gasteiger partial charge in [0.2, 0.25) is 0 Å². The molecule has 0 unspecified atom stereocenters. The fraction of sp³-hybridized carbons (Fsp3) is 0.167. The molecule has 4 aromatic rings. The summed E-state index contributed by atoms with van der Waals surface area (Å²) in [4.78, 5) is 26.5. The average molecular weight is 437 g/mol. The Bertz CT molecular complexity index is 1360. The maximum absolute atomic E-state index is 13.7. The van der Waals surface area contributed by atoms with Crippen LogP contribution in [0.25, 0.3) is 15.9 Å². The van der Waals surface area contributed by atoms with Crippen LogP contribution in [0.2, 0.25) is 0 Å². The lowest BCUT2D eigenvalue weighted by Gasteiger charge is -2.10. The van der Waals surface area contributed by atoms with Crippen LogP contribution in [-0.2, 0) is 4.74 Å². The molecule has 5 nitrogen and oxygen atoms in total. The van der Waals surface area contributed by atoms with Gasteiger partial charge < -0.3 is 10.1 Å². The number of halogens is 1. The standard InChI is InChI=1S/C24H21FN2O3S/c1-4-30-24(29)22-21(26-16-8-10-19(25)15(3)13-16)18-9-11-20(28)27(23(18)31-22)17-7-5-6-14(2)12-17/h5-13,26H,4H2,1-3H3. The minimum Gasteiger partial charge on any atom is -0.462 e. The van der Waals surface area contributed by atoms with E-state index in [2.05, 4.69) is 5.32 Å². The highest BCUT2D eigenvalue weighted by atomic mass is 32.1. The Balaban J connectivity index is 1.96. The summed E-state index contributed by atoms with van der Waals surface area (Å²) in [6, 6.07) is 15.4. The Labute approximate surface area is 182 Å². The summed E-state index contributed by atoms with van der Waals surface area (Å²) in [5.41, 5.74) is 3.20. The summed E-state index contributed by atoms with van der Waals surface area (Å²) < 4.78 is 20.6. The molecular weight excluding hydrogens is 415 g/mol. The van der Waals surface area contributed by atoms with Gasteiger partial charge in [0.25, 0.3) is 5.56 Å². The zero-order chi connectivity index (χ0) is 22.1. The second kappa shape index (κ2) is 8.35. The van der Waals surface area contributed by atoms with Gasteiger partial charge in [-0.1, -0.05) is 12.1 Å². The molecule has 0 fully saturated rings. The molecule has 7 heteroatoms. The van der Waals surface area contributed by atoms with Gasteiger partial charge in [0.1, 0.15) is 15.5 Å². The Morgan fingerprint density at radius 2 is 1.94 bits per heavy atom. The molecule has 2 aromatic heterocycles. The van der Waals surface area contributed by atoms with E-state index in [1.165, 1.54) is 23.5 Å². The van der Waals surface area contributed by atoms with E-state index in [4.69, 9.17) is 4.74 Å². The number of thiophene rings is 1. The molecule has 0 spiro atoms. The number of ether oxygens (including phenoxy) is 1. The molecule has 2 heterocycles. The Hall–Kier alpha value is -3.45. The van der Waals surface area contributed by atoms with Crippen molar-refractivity contribution in [3.8, 4) is 5.69 Å². The Kier molecular flexibility index (Phi) is 5.61. The third-order valence-corrected chi connectivity index (χ3v) is 6.06. The highest BCUT2D eigenvalue weighted by Gasteiger charge is 2.23. The predicted octanol–water partition coefficient (Wildman–Crippen LogP) is 5.73. The summed E-state index contributed by atoms with van der Waals surface area (Å²) >= 11 is 1.19. The number of hydrogen-bond donors (Lipinski definition) is 1. The van der Waals surface area contributed by atoms with E-state index >= 15 is 0 Å². The van der Waals surface area contributed by atoms with Crippen molar-refractivity contribution in [3.63, 3.8) is 0 Å². The number of nitrogens with one attached hydrogen (secondary N) is 1. The van der Waals surface area contributed by atoms with Crippen LogP contribution in [0, 0.1) is 19.7 Å². The topological polar surface area (TPSA) is 60.3 Å². The van der Waals surface area contributed by atoms with Crippen LogP contribution in [0.15, 0.2) is 59.4 Å². The second-order valence-corrected chi connectivity index (χ2v) is 8.18. The minimum absolute atomic E-state index is 0.195. The number of anilines is 2. The molecule has 0 saturated heterocycles. The van der Waals surface area contributed by atoms with Crippen LogP contribution in [0.3, 0.4) is 0 Å². The van der Waals surface area contributed by atoms with Gasteiger partial charge in [-0.2, -0.15) is 0 Å². The summed E-state index contributed by atoms with van der Waals surface area (Å²) in [6.45, 7) is 5.60. The molecule has 0 aliphatic carbocycles. The summed E-state index contributed by atoms with van der Waals surface area (Å²) in [6.07, 6.45) is 0. The Morgan fingerprint density at radius 1 is 1.13 bits per heavy atom. The van der Waals surface area contributed by atoms with Gasteiger partial charge in [0.15, 0.2) is 0 Å². The van der Waals surface area contributed by atoms with Gasteiger partial charge in [-0.25, -0.2) is 9.18 Å². The summed E-state index contributed by atoms with van der Waals surface area (Å²) in [5, 5.41) is 3.94. The van der Waals surface area contributed by atoms with Crippen LogP contribution in [0.5, 0.6) is 0 Å². The van der Waals surface area contributed by atoms with Gasteiger partial charge in [0, 0.05) is 17.1 Å². The van der Waals surface area contributed by atoms with Crippen molar-refractivity contribution in [3.05, 3.63) is 86.8 Å². The molecule has 0 radical (unpaired) electrons. The first-order chi connectivity index (χ1) is 14.9. The highest BCUT2D eigenvalue weighted by molar-refractivity contribution is 7.21. The number of aromatic nitrogens is 1. The first-order valence-electron chi connectivity index (χ1n) is 9.85. The van der Waals surface area contributed by atoms with E-state index in [1.807, 2.05) is 31.2 Å². The van der Waals surface area contributed by atoms with E-state index in [9.17, 15) is 14.0 Å². The van der Waals surface area contributed by atoms with Crippen molar-refractivity contribution in [2.24, 2.45) is 0 Å². The number of hydrogen-bond acceptors (Lipinski definition) is 5. The third kappa shape index (κ3) is 3.96. The number of aryl methyl sites for hydroxylation is 2. The van der Waals surface area contributed by atoms with Crippen LogP contribution in [-0.4, -0.2) is 17.1 Å². The van der Waals surface area contributed by atoms with Gasteiger partial charge in [-0.05, 0) is 68.3 Å². The van der Waals surface area contributed by atoms with Crippen molar-refractivity contribution in [1.29, 1.82) is 0 Å². The molecule has 0 atom stereocenters. The monoisotopic (exact) mass is 436 g/mol. The predicted molar refractivity (Wildman–Crippen MR) is 123 cm³/mol. The quantitative estimate of drug-likeness (QED) is 0.406.